The number of anilines is 1. The largest absolute Gasteiger partial charge is 0.330 e. The number of aryl methyl sites for hydroxylation is 1. The molecule has 0 bridgehead atoms. The van der Waals surface area contributed by atoms with E-state index in [1.165, 1.54) is 4.88 Å². The van der Waals surface area contributed by atoms with Gasteiger partial charge >= 0.3 is 0 Å². The molecule has 1 aromatic rings. The van der Waals surface area contributed by atoms with Crippen LogP contribution in [0.5, 0.6) is 0 Å². The van der Waals surface area contributed by atoms with Crippen LogP contribution < -0.4 is 11.1 Å². The number of carbonyl (C=O) groups excluding carboxylic acids is 1. The molecule has 4 nitrogen and oxygen atoms in total. The van der Waals surface area contributed by atoms with Gasteiger partial charge in [0.25, 0.3) is 0 Å². The first kappa shape index (κ1) is 13.1. The number of nitrogens with two attached hydrogens (primary N) is 1. The maximum Gasteiger partial charge on any atom is 0.229 e. The molecule has 1 aliphatic rings. The van der Waals surface area contributed by atoms with Crippen LogP contribution in [-0.4, -0.2) is 12.5 Å². The lowest BCUT2D eigenvalue weighted by molar-refractivity contribution is -0.119. The number of nitrogens with zero attached hydrogens (tertiary/aromatic N) is 1. The highest BCUT2D eigenvalue weighted by atomic mass is 32.1. The topological polar surface area (TPSA) is 78.9 Å². The number of nitriles is 1. The zero-order chi connectivity index (χ0) is 13.1. The molecule has 0 radical (unpaired) electrons. The van der Waals surface area contributed by atoms with Gasteiger partial charge in [0.05, 0.1) is 11.5 Å². The fourth-order valence-electron chi connectivity index (χ4n) is 2.28. The third-order valence-electron chi connectivity index (χ3n) is 3.42. The molecule has 5 heteroatoms. The summed E-state index contributed by atoms with van der Waals surface area (Å²) in [7, 11) is 0. The fraction of sp³-hybridized carbons (Fsp3) is 0.538. The summed E-state index contributed by atoms with van der Waals surface area (Å²) >= 11 is 1.54. The van der Waals surface area contributed by atoms with Gasteiger partial charge in [0.2, 0.25) is 5.91 Å². The first-order chi connectivity index (χ1) is 8.71. The van der Waals surface area contributed by atoms with Crippen molar-refractivity contribution in [3.8, 4) is 6.07 Å². The van der Waals surface area contributed by atoms with Crippen LogP contribution in [0, 0.1) is 17.2 Å². The van der Waals surface area contributed by atoms with Gasteiger partial charge in [0, 0.05) is 11.4 Å². The van der Waals surface area contributed by atoms with E-state index >= 15 is 0 Å². The van der Waals surface area contributed by atoms with E-state index in [-0.39, 0.29) is 11.8 Å². The summed E-state index contributed by atoms with van der Waals surface area (Å²) in [4.78, 5) is 13.2. The van der Waals surface area contributed by atoms with E-state index < -0.39 is 0 Å². The third-order valence-corrected chi connectivity index (χ3v) is 4.63. The molecule has 2 rings (SSSR count). The van der Waals surface area contributed by atoms with E-state index in [0.29, 0.717) is 17.1 Å². The number of hydrogen-bond donors (Lipinski definition) is 2. The monoisotopic (exact) mass is 263 g/mol. The first-order valence-corrected chi connectivity index (χ1v) is 7.08. The Morgan fingerprint density at radius 1 is 1.61 bits per heavy atom. The maximum atomic E-state index is 12.0. The molecule has 96 valence electrons. The van der Waals surface area contributed by atoms with Crippen molar-refractivity contribution >= 4 is 22.2 Å². The fourth-order valence-corrected chi connectivity index (χ4v) is 3.53. The maximum absolute atomic E-state index is 12.0. The van der Waals surface area contributed by atoms with E-state index in [1.807, 2.05) is 6.92 Å². The SMILES string of the molecule is CCC(CN)C(=O)Nc1sc2c(c1C#N)CCC2. The standard InChI is InChI=1S/C13H17N3OS/c1-2-8(6-14)12(17)16-13-10(7-15)9-4-3-5-11(9)18-13/h8H,2-6,14H2,1H3,(H,16,17). The van der Waals surface area contributed by atoms with E-state index in [0.717, 1.165) is 31.2 Å². The number of thiophene rings is 1. The van der Waals surface area contributed by atoms with E-state index in [4.69, 9.17) is 5.73 Å². The molecule has 0 aromatic carbocycles. The molecule has 0 fully saturated rings. The molecule has 1 atom stereocenters. The highest BCUT2D eigenvalue weighted by Gasteiger charge is 2.24. The Labute approximate surface area is 111 Å². The van der Waals surface area contributed by atoms with Crippen molar-refractivity contribution < 1.29 is 4.79 Å². The number of rotatable bonds is 4. The van der Waals surface area contributed by atoms with Gasteiger partial charge in [-0.2, -0.15) is 5.26 Å². The Hall–Kier alpha value is -1.38. The molecule has 3 N–H and O–H groups in total. The molecule has 18 heavy (non-hydrogen) atoms. The van der Waals surface area contributed by atoms with Gasteiger partial charge in [0.15, 0.2) is 0 Å². The van der Waals surface area contributed by atoms with Gasteiger partial charge in [0.1, 0.15) is 11.1 Å². The van der Waals surface area contributed by atoms with Crippen LogP contribution in [0.1, 0.15) is 35.8 Å². The summed E-state index contributed by atoms with van der Waals surface area (Å²) in [5.74, 6) is -0.245. The Morgan fingerprint density at radius 3 is 3.00 bits per heavy atom. The number of carbonyl (C=O) groups is 1. The minimum atomic E-state index is -0.173. The van der Waals surface area contributed by atoms with Crippen molar-refractivity contribution in [1.82, 2.24) is 0 Å². The van der Waals surface area contributed by atoms with Gasteiger partial charge in [-0.05, 0) is 31.2 Å². The average molecular weight is 263 g/mol. The zero-order valence-corrected chi connectivity index (χ0v) is 11.3. The highest BCUT2D eigenvalue weighted by Crippen LogP contribution is 2.38. The van der Waals surface area contributed by atoms with Crippen LogP contribution in [0.2, 0.25) is 0 Å². The molecule has 0 aliphatic heterocycles. The molecule has 1 amide bonds. The van der Waals surface area contributed by atoms with E-state index in [9.17, 15) is 10.1 Å². The predicted octanol–water partition coefficient (Wildman–Crippen LogP) is 2.03. The van der Waals surface area contributed by atoms with Gasteiger partial charge in [-0.3, -0.25) is 4.79 Å². The molecular weight excluding hydrogens is 246 g/mol. The summed E-state index contributed by atoms with van der Waals surface area (Å²) in [6.07, 6.45) is 3.82. The van der Waals surface area contributed by atoms with Crippen molar-refractivity contribution in [2.45, 2.75) is 32.6 Å². The van der Waals surface area contributed by atoms with Crippen molar-refractivity contribution in [2.24, 2.45) is 11.7 Å². The molecule has 1 aliphatic carbocycles. The second kappa shape index (κ2) is 5.51. The second-order valence-electron chi connectivity index (χ2n) is 4.50. The quantitative estimate of drug-likeness (QED) is 0.872. The average Bonchev–Trinajstić information content (AvgIpc) is 2.90. The van der Waals surface area contributed by atoms with Gasteiger partial charge < -0.3 is 11.1 Å². The van der Waals surface area contributed by atoms with Crippen molar-refractivity contribution in [1.29, 1.82) is 5.26 Å². The Bertz CT molecular complexity index is 497. The van der Waals surface area contributed by atoms with Crippen LogP contribution in [0.25, 0.3) is 0 Å². The smallest absolute Gasteiger partial charge is 0.229 e. The summed E-state index contributed by atoms with van der Waals surface area (Å²) in [5, 5.41) is 12.8. The normalized spacial score (nSPS) is 14.9. The van der Waals surface area contributed by atoms with Gasteiger partial charge in [-0.1, -0.05) is 6.92 Å². The Balaban J connectivity index is 2.20. The molecule has 0 saturated carbocycles. The van der Waals surface area contributed by atoms with Crippen LogP contribution in [-0.2, 0) is 17.6 Å². The minimum absolute atomic E-state index is 0.0728. The van der Waals surface area contributed by atoms with Crippen LogP contribution in [0.4, 0.5) is 5.00 Å². The summed E-state index contributed by atoms with van der Waals surface area (Å²) < 4.78 is 0. The van der Waals surface area contributed by atoms with E-state index in [2.05, 4.69) is 11.4 Å². The lowest BCUT2D eigenvalue weighted by atomic mass is 10.1. The van der Waals surface area contributed by atoms with Gasteiger partial charge in [-0.15, -0.1) is 11.3 Å². The van der Waals surface area contributed by atoms with Crippen molar-refractivity contribution in [2.75, 3.05) is 11.9 Å². The molecule has 1 heterocycles. The summed E-state index contributed by atoms with van der Waals surface area (Å²) in [5.41, 5.74) is 7.36. The third kappa shape index (κ3) is 2.26. The summed E-state index contributed by atoms with van der Waals surface area (Å²) in [6, 6.07) is 2.22. The number of hydrogen-bond acceptors (Lipinski definition) is 4. The Kier molecular flexibility index (Phi) is 4.00. The van der Waals surface area contributed by atoms with Crippen LogP contribution in [0.15, 0.2) is 0 Å². The van der Waals surface area contributed by atoms with Gasteiger partial charge in [-0.25, -0.2) is 0 Å². The van der Waals surface area contributed by atoms with E-state index in [1.54, 1.807) is 11.3 Å². The highest BCUT2D eigenvalue weighted by molar-refractivity contribution is 7.16. The minimum Gasteiger partial charge on any atom is -0.330 e. The molecule has 1 aromatic heterocycles. The Morgan fingerprint density at radius 2 is 2.39 bits per heavy atom. The molecular formula is C13H17N3OS. The zero-order valence-electron chi connectivity index (χ0n) is 10.5. The number of amides is 1. The number of nitrogens with one attached hydrogen (secondary N) is 1. The first-order valence-electron chi connectivity index (χ1n) is 6.26. The van der Waals surface area contributed by atoms with Crippen LogP contribution >= 0.6 is 11.3 Å². The predicted molar refractivity (Wildman–Crippen MR) is 72.5 cm³/mol. The molecule has 0 saturated heterocycles. The lowest BCUT2D eigenvalue weighted by Crippen LogP contribution is -2.28. The second-order valence-corrected chi connectivity index (χ2v) is 5.61. The summed E-state index contributed by atoms with van der Waals surface area (Å²) in [6.45, 7) is 2.28. The molecule has 0 spiro atoms. The lowest BCUT2D eigenvalue weighted by Gasteiger charge is -2.11. The van der Waals surface area contributed by atoms with Crippen molar-refractivity contribution in [3.05, 3.63) is 16.0 Å². The molecule has 1 unspecified atom stereocenters. The van der Waals surface area contributed by atoms with Crippen LogP contribution in [0.3, 0.4) is 0 Å². The number of fused-ring (bicyclic) bond motifs is 1. The van der Waals surface area contributed by atoms with Crippen molar-refractivity contribution in [3.63, 3.8) is 0 Å².